The number of aliphatic hydroxyl groups is 1. The molecular weight excluding hydrogens is 482 g/mol. The maximum atomic E-state index is 13.6. The van der Waals surface area contributed by atoms with Gasteiger partial charge in [-0.3, -0.25) is 4.79 Å². The zero-order chi connectivity index (χ0) is 27.2. The van der Waals surface area contributed by atoms with Crippen LogP contribution in [-0.4, -0.2) is 70.7 Å². The molecule has 3 amide bonds. The van der Waals surface area contributed by atoms with Crippen LogP contribution in [0.3, 0.4) is 0 Å². The van der Waals surface area contributed by atoms with Crippen LogP contribution in [0.5, 0.6) is 5.88 Å². The standard InChI is InChI=1S/C29H31N5O4/c1-19-16-34(20(2)18-35)28(36)25-13-23(22-11-9-21(14-30)10-12-22)15-31-27(25)38-26(19)17-33(3)29(37)32-24-7-5-4-6-8-24/h4-13,15,19-20,26,35H,16-18H2,1-3H3,(H,32,37)/t19-,20-,26+/m1/s1. The molecule has 0 saturated carbocycles. The molecule has 1 aromatic heterocycles. The number of hydrogen-bond donors (Lipinski definition) is 2. The Hall–Kier alpha value is -4.42. The highest BCUT2D eigenvalue weighted by molar-refractivity contribution is 5.98. The zero-order valence-electron chi connectivity index (χ0n) is 21.7. The van der Waals surface area contributed by atoms with Gasteiger partial charge in [0, 0.05) is 37.0 Å². The summed E-state index contributed by atoms with van der Waals surface area (Å²) >= 11 is 0. The van der Waals surface area contributed by atoms with Crippen LogP contribution in [0.25, 0.3) is 11.1 Å². The SMILES string of the molecule is C[C@@H]1CN([C@H](C)CO)C(=O)c2cc(-c3ccc(C#N)cc3)cnc2O[C@H]1CN(C)C(=O)Nc1ccccc1. The first kappa shape index (κ1) is 26.6. The number of carbonyl (C=O) groups excluding carboxylic acids is 2. The van der Waals surface area contributed by atoms with E-state index < -0.39 is 12.1 Å². The Morgan fingerprint density at radius 1 is 1.24 bits per heavy atom. The number of nitriles is 1. The van der Waals surface area contributed by atoms with Crippen LogP contribution in [0.4, 0.5) is 10.5 Å². The number of amides is 3. The van der Waals surface area contributed by atoms with Crippen LogP contribution in [-0.2, 0) is 0 Å². The molecule has 9 heteroatoms. The molecule has 0 spiro atoms. The average molecular weight is 514 g/mol. The predicted molar refractivity (Wildman–Crippen MR) is 144 cm³/mol. The number of ether oxygens (including phenoxy) is 1. The third-order valence-electron chi connectivity index (χ3n) is 6.69. The molecule has 0 unspecified atom stereocenters. The van der Waals surface area contributed by atoms with Gasteiger partial charge in [-0.15, -0.1) is 0 Å². The molecule has 1 aliphatic rings. The lowest BCUT2D eigenvalue weighted by Crippen LogP contribution is -2.50. The second kappa shape index (κ2) is 11.8. The molecule has 2 aromatic carbocycles. The van der Waals surface area contributed by atoms with Crippen LogP contribution >= 0.6 is 0 Å². The average Bonchev–Trinajstić information content (AvgIpc) is 2.94. The quantitative estimate of drug-likeness (QED) is 0.514. The minimum atomic E-state index is -0.463. The van der Waals surface area contributed by atoms with E-state index in [9.17, 15) is 14.7 Å². The molecule has 38 heavy (non-hydrogen) atoms. The van der Waals surface area contributed by atoms with Crippen molar-refractivity contribution in [1.29, 1.82) is 5.26 Å². The summed E-state index contributed by atoms with van der Waals surface area (Å²) in [6.45, 7) is 4.14. The Balaban J connectivity index is 1.63. The molecule has 2 N–H and O–H groups in total. The van der Waals surface area contributed by atoms with Crippen molar-refractivity contribution in [3.8, 4) is 23.1 Å². The number of nitrogens with zero attached hydrogens (tertiary/aromatic N) is 4. The van der Waals surface area contributed by atoms with Crippen molar-refractivity contribution in [1.82, 2.24) is 14.8 Å². The zero-order valence-corrected chi connectivity index (χ0v) is 21.7. The van der Waals surface area contributed by atoms with Crippen molar-refractivity contribution in [2.75, 3.05) is 32.1 Å². The summed E-state index contributed by atoms with van der Waals surface area (Å²) in [4.78, 5) is 34.1. The number of hydrogen-bond acceptors (Lipinski definition) is 6. The number of para-hydroxylation sites is 1. The molecule has 0 fully saturated rings. The number of aliphatic hydroxyl groups excluding tert-OH is 1. The lowest BCUT2D eigenvalue weighted by molar-refractivity contribution is 0.0356. The first-order valence-electron chi connectivity index (χ1n) is 12.5. The van der Waals surface area contributed by atoms with Gasteiger partial charge in [0.15, 0.2) is 0 Å². The normalized spacial score (nSPS) is 17.8. The van der Waals surface area contributed by atoms with E-state index in [1.54, 1.807) is 60.3 Å². The highest BCUT2D eigenvalue weighted by Gasteiger charge is 2.34. The van der Waals surface area contributed by atoms with Crippen LogP contribution in [0.2, 0.25) is 0 Å². The number of aromatic nitrogens is 1. The molecule has 196 valence electrons. The maximum absolute atomic E-state index is 13.6. The second-order valence-electron chi connectivity index (χ2n) is 9.57. The van der Waals surface area contributed by atoms with Gasteiger partial charge in [-0.2, -0.15) is 5.26 Å². The predicted octanol–water partition coefficient (Wildman–Crippen LogP) is 4.00. The molecule has 1 aliphatic heterocycles. The van der Waals surface area contributed by atoms with E-state index in [1.165, 1.54) is 0 Å². The van der Waals surface area contributed by atoms with E-state index in [0.717, 1.165) is 5.56 Å². The maximum Gasteiger partial charge on any atom is 0.321 e. The first-order valence-corrected chi connectivity index (χ1v) is 12.5. The molecule has 0 aliphatic carbocycles. The molecule has 4 rings (SSSR count). The lowest BCUT2D eigenvalue weighted by Gasteiger charge is -2.37. The molecule has 2 heterocycles. The van der Waals surface area contributed by atoms with Gasteiger partial charge in [-0.25, -0.2) is 9.78 Å². The van der Waals surface area contributed by atoms with Gasteiger partial charge in [-0.1, -0.05) is 37.3 Å². The van der Waals surface area contributed by atoms with Gasteiger partial charge in [0.05, 0.1) is 30.8 Å². The number of rotatable bonds is 6. The number of carbonyl (C=O) groups is 2. The largest absolute Gasteiger partial charge is 0.472 e. The summed E-state index contributed by atoms with van der Waals surface area (Å²) in [5.74, 6) is -0.269. The van der Waals surface area contributed by atoms with Crippen molar-refractivity contribution in [2.24, 2.45) is 5.92 Å². The molecule has 0 saturated heterocycles. The third-order valence-corrected chi connectivity index (χ3v) is 6.69. The lowest BCUT2D eigenvalue weighted by atomic mass is 9.99. The topological polar surface area (TPSA) is 119 Å². The van der Waals surface area contributed by atoms with Crippen molar-refractivity contribution in [3.63, 3.8) is 0 Å². The third kappa shape index (κ3) is 5.93. The number of nitrogens with one attached hydrogen (secondary N) is 1. The fourth-order valence-corrected chi connectivity index (χ4v) is 4.31. The van der Waals surface area contributed by atoms with E-state index in [4.69, 9.17) is 10.00 Å². The molecule has 3 atom stereocenters. The fraction of sp³-hybridized carbons (Fsp3) is 0.310. The van der Waals surface area contributed by atoms with Crippen molar-refractivity contribution in [2.45, 2.75) is 26.0 Å². The van der Waals surface area contributed by atoms with Crippen molar-refractivity contribution in [3.05, 3.63) is 78.0 Å². The van der Waals surface area contributed by atoms with E-state index >= 15 is 0 Å². The summed E-state index contributed by atoms with van der Waals surface area (Å²) in [6.07, 6.45) is 1.16. The number of likely N-dealkylation sites (N-methyl/N-ethyl adjacent to an activating group) is 1. The Bertz CT molecular complexity index is 1320. The van der Waals surface area contributed by atoms with E-state index in [-0.39, 0.29) is 42.5 Å². The molecular formula is C29H31N5O4. The van der Waals surface area contributed by atoms with Gasteiger partial charge in [-0.05, 0) is 42.8 Å². The Kier molecular flexibility index (Phi) is 8.24. The Labute approximate surface area is 222 Å². The van der Waals surface area contributed by atoms with Gasteiger partial charge < -0.3 is 25.0 Å². The molecule has 0 bridgehead atoms. The minimum absolute atomic E-state index is 0.159. The van der Waals surface area contributed by atoms with Crippen LogP contribution in [0.1, 0.15) is 29.8 Å². The van der Waals surface area contributed by atoms with Crippen LogP contribution in [0.15, 0.2) is 66.9 Å². The summed E-state index contributed by atoms with van der Waals surface area (Å²) in [5.41, 5.74) is 3.00. The summed E-state index contributed by atoms with van der Waals surface area (Å²) < 4.78 is 6.29. The number of anilines is 1. The number of fused-ring (bicyclic) bond motifs is 1. The van der Waals surface area contributed by atoms with Crippen molar-refractivity contribution >= 4 is 17.6 Å². The molecule has 0 radical (unpaired) electrons. The fourth-order valence-electron chi connectivity index (χ4n) is 4.31. The van der Waals surface area contributed by atoms with Gasteiger partial charge in [0.25, 0.3) is 5.91 Å². The highest BCUT2D eigenvalue weighted by atomic mass is 16.5. The Morgan fingerprint density at radius 3 is 2.61 bits per heavy atom. The summed E-state index contributed by atoms with van der Waals surface area (Å²) in [6, 6.07) is 19.3. The highest BCUT2D eigenvalue weighted by Crippen LogP contribution is 2.30. The van der Waals surface area contributed by atoms with Crippen molar-refractivity contribution < 1.29 is 19.4 Å². The molecule has 3 aromatic rings. The Morgan fingerprint density at radius 2 is 1.95 bits per heavy atom. The van der Waals surface area contributed by atoms with E-state index in [2.05, 4.69) is 16.4 Å². The number of urea groups is 1. The summed E-state index contributed by atoms with van der Waals surface area (Å²) in [7, 11) is 1.69. The van der Waals surface area contributed by atoms with Gasteiger partial charge >= 0.3 is 6.03 Å². The minimum Gasteiger partial charge on any atom is -0.472 e. The van der Waals surface area contributed by atoms with Gasteiger partial charge in [0.2, 0.25) is 5.88 Å². The van der Waals surface area contributed by atoms with Crippen LogP contribution < -0.4 is 10.1 Å². The summed E-state index contributed by atoms with van der Waals surface area (Å²) in [5, 5.41) is 21.8. The number of benzene rings is 2. The van der Waals surface area contributed by atoms with E-state index in [0.29, 0.717) is 23.4 Å². The first-order chi connectivity index (χ1) is 18.3. The number of pyridine rings is 1. The monoisotopic (exact) mass is 513 g/mol. The molecule has 9 nitrogen and oxygen atoms in total. The van der Waals surface area contributed by atoms with E-state index in [1.807, 2.05) is 37.3 Å². The second-order valence-corrected chi connectivity index (χ2v) is 9.57. The van der Waals surface area contributed by atoms with Gasteiger partial charge in [0.1, 0.15) is 11.7 Å². The van der Waals surface area contributed by atoms with Crippen LogP contribution in [0, 0.1) is 17.2 Å². The smallest absolute Gasteiger partial charge is 0.321 e.